The van der Waals surface area contributed by atoms with Crippen LogP contribution in [0.2, 0.25) is 0 Å². The fraction of sp³-hybridized carbons (Fsp3) is 0. The number of benzene rings is 2. The van der Waals surface area contributed by atoms with E-state index in [0.717, 1.165) is 11.3 Å². The summed E-state index contributed by atoms with van der Waals surface area (Å²) in [6.45, 7) is 0. The van der Waals surface area contributed by atoms with E-state index in [-0.39, 0.29) is 17.1 Å². The number of phenols is 1. The summed E-state index contributed by atoms with van der Waals surface area (Å²) in [6.07, 6.45) is 0. The fourth-order valence-corrected chi connectivity index (χ4v) is 2.78. The third-order valence-corrected chi connectivity index (χ3v) is 3.59. The zero-order chi connectivity index (χ0) is 12.7. The van der Waals surface area contributed by atoms with Crippen LogP contribution in [-0.2, 0) is 0 Å². The molecule has 3 rings (SSSR count). The Labute approximate surface area is 105 Å². The largest absolute Gasteiger partial charge is 0.507 e. The lowest BCUT2D eigenvalue weighted by atomic mass is 10.2. The van der Waals surface area contributed by atoms with Crippen LogP contribution in [0.5, 0.6) is 5.75 Å². The van der Waals surface area contributed by atoms with Crippen LogP contribution in [-0.4, -0.2) is 10.1 Å². The molecule has 0 radical (unpaired) electrons. The molecule has 0 spiro atoms. The number of fused-ring (bicyclic) bond motifs is 1. The first-order valence-electron chi connectivity index (χ1n) is 5.19. The van der Waals surface area contributed by atoms with Crippen LogP contribution in [0, 0.1) is 11.6 Å². The van der Waals surface area contributed by atoms with Crippen molar-refractivity contribution in [2.75, 3.05) is 0 Å². The molecule has 0 aliphatic rings. The average molecular weight is 263 g/mol. The Hall–Kier alpha value is -2.01. The van der Waals surface area contributed by atoms with E-state index < -0.39 is 5.82 Å². The van der Waals surface area contributed by atoms with Gasteiger partial charge in [-0.1, -0.05) is 6.07 Å². The molecule has 0 amide bonds. The zero-order valence-electron chi connectivity index (χ0n) is 9.02. The molecule has 5 heteroatoms. The lowest BCUT2D eigenvalue weighted by Crippen LogP contribution is -1.83. The molecular weight excluding hydrogens is 256 g/mol. The third kappa shape index (κ3) is 1.73. The number of hydrogen-bond acceptors (Lipinski definition) is 3. The molecule has 1 aromatic heterocycles. The van der Waals surface area contributed by atoms with Gasteiger partial charge in [0.2, 0.25) is 0 Å². The van der Waals surface area contributed by atoms with Crippen molar-refractivity contribution in [2.24, 2.45) is 0 Å². The first-order chi connectivity index (χ1) is 8.65. The summed E-state index contributed by atoms with van der Waals surface area (Å²) >= 11 is 1.14. The molecule has 0 fully saturated rings. The minimum atomic E-state index is -0.547. The summed E-state index contributed by atoms with van der Waals surface area (Å²) in [5, 5.41) is 10.0. The lowest BCUT2D eigenvalue weighted by molar-refractivity contribution is 0.472. The molecule has 1 heterocycles. The molecule has 0 saturated heterocycles. The highest BCUT2D eigenvalue weighted by Crippen LogP contribution is 2.36. The number of rotatable bonds is 1. The number of halogens is 2. The van der Waals surface area contributed by atoms with E-state index in [1.807, 2.05) is 0 Å². The van der Waals surface area contributed by atoms with Gasteiger partial charge in [0.15, 0.2) is 0 Å². The molecule has 0 aliphatic heterocycles. The van der Waals surface area contributed by atoms with E-state index in [9.17, 15) is 13.9 Å². The van der Waals surface area contributed by atoms with E-state index in [1.54, 1.807) is 0 Å². The summed E-state index contributed by atoms with van der Waals surface area (Å²) in [7, 11) is 0. The number of aromatic hydroxyl groups is 1. The molecule has 2 nitrogen and oxygen atoms in total. The molecule has 0 bridgehead atoms. The maximum atomic E-state index is 13.7. The average Bonchev–Trinajstić information content (AvgIpc) is 2.71. The molecule has 0 atom stereocenters. The summed E-state index contributed by atoms with van der Waals surface area (Å²) in [4.78, 5) is 4.20. The highest BCUT2D eigenvalue weighted by atomic mass is 32.1. The smallest absolute Gasteiger partial charge is 0.137 e. The van der Waals surface area contributed by atoms with Crippen molar-refractivity contribution in [3.63, 3.8) is 0 Å². The van der Waals surface area contributed by atoms with Crippen molar-refractivity contribution in [3.05, 3.63) is 48.0 Å². The molecule has 90 valence electrons. The predicted molar refractivity (Wildman–Crippen MR) is 66.6 cm³/mol. The molecule has 1 N–H and O–H groups in total. The molecule has 18 heavy (non-hydrogen) atoms. The van der Waals surface area contributed by atoms with Crippen molar-refractivity contribution < 1.29 is 13.9 Å². The van der Waals surface area contributed by atoms with Gasteiger partial charge >= 0.3 is 0 Å². The quantitative estimate of drug-likeness (QED) is 0.721. The zero-order valence-corrected chi connectivity index (χ0v) is 9.84. The van der Waals surface area contributed by atoms with Gasteiger partial charge in [-0.25, -0.2) is 13.8 Å². The van der Waals surface area contributed by atoms with Gasteiger partial charge in [0.25, 0.3) is 0 Å². The normalized spacial score (nSPS) is 11.0. The topological polar surface area (TPSA) is 33.1 Å². The number of phenolic OH excluding ortho intramolecular Hbond substituents is 1. The highest BCUT2D eigenvalue weighted by Gasteiger charge is 2.15. The second kappa shape index (κ2) is 4.03. The lowest BCUT2D eigenvalue weighted by Gasteiger charge is -2.01. The van der Waals surface area contributed by atoms with E-state index in [0.29, 0.717) is 15.2 Å². The fourth-order valence-electron chi connectivity index (χ4n) is 1.73. The molecular formula is C13H7F2NOS. The van der Waals surface area contributed by atoms with Crippen LogP contribution >= 0.6 is 11.3 Å². The number of nitrogens with zero attached hydrogens (tertiary/aromatic N) is 1. The second-order valence-electron chi connectivity index (χ2n) is 3.77. The Bertz CT molecular complexity index is 719. The Morgan fingerprint density at radius 3 is 2.72 bits per heavy atom. The standard InChI is InChI=1S/C13H7F2NOS/c14-7-4-5-9-11(6-7)18-13(16-9)12-8(15)2-1-3-10(12)17/h1-6,17H. The van der Waals surface area contributed by atoms with Crippen molar-refractivity contribution in [3.8, 4) is 16.3 Å². The van der Waals surface area contributed by atoms with Gasteiger partial charge in [0.05, 0.1) is 15.8 Å². The van der Waals surface area contributed by atoms with E-state index in [4.69, 9.17) is 0 Å². The maximum absolute atomic E-state index is 13.7. The van der Waals surface area contributed by atoms with Crippen molar-refractivity contribution in [1.29, 1.82) is 0 Å². The maximum Gasteiger partial charge on any atom is 0.137 e. The molecule has 2 aromatic carbocycles. The number of aromatic nitrogens is 1. The third-order valence-electron chi connectivity index (χ3n) is 2.56. The summed E-state index contributed by atoms with van der Waals surface area (Å²) in [5.41, 5.74) is 0.637. The second-order valence-corrected chi connectivity index (χ2v) is 4.80. The van der Waals surface area contributed by atoms with E-state index in [1.165, 1.54) is 36.4 Å². The minimum absolute atomic E-state index is 0.0547. The van der Waals surface area contributed by atoms with Gasteiger partial charge < -0.3 is 5.11 Å². The summed E-state index contributed by atoms with van der Waals surface area (Å²) in [6, 6.07) is 8.23. The highest BCUT2D eigenvalue weighted by molar-refractivity contribution is 7.21. The van der Waals surface area contributed by atoms with Crippen molar-refractivity contribution >= 4 is 21.6 Å². The Kier molecular flexibility index (Phi) is 2.48. The molecule has 3 aromatic rings. The van der Waals surface area contributed by atoms with Gasteiger partial charge in [-0.2, -0.15) is 0 Å². The monoisotopic (exact) mass is 263 g/mol. The summed E-state index contributed by atoms with van der Waals surface area (Å²) < 4.78 is 27.4. The Morgan fingerprint density at radius 2 is 1.94 bits per heavy atom. The van der Waals surface area contributed by atoms with Gasteiger partial charge in [-0.15, -0.1) is 11.3 Å². The van der Waals surface area contributed by atoms with Gasteiger partial charge in [-0.05, 0) is 30.3 Å². The predicted octanol–water partition coefficient (Wildman–Crippen LogP) is 3.95. The van der Waals surface area contributed by atoms with Crippen molar-refractivity contribution in [2.45, 2.75) is 0 Å². The Morgan fingerprint density at radius 1 is 1.11 bits per heavy atom. The van der Waals surface area contributed by atoms with Gasteiger partial charge in [-0.3, -0.25) is 0 Å². The molecule has 0 aliphatic carbocycles. The van der Waals surface area contributed by atoms with E-state index >= 15 is 0 Å². The van der Waals surface area contributed by atoms with Crippen LogP contribution in [0.1, 0.15) is 0 Å². The number of hydrogen-bond donors (Lipinski definition) is 1. The number of thiazole rings is 1. The summed E-state index contributed by atoms with van der Waals surface area (Å²) in [5.74, 6) is -1.08. The van der Waals surface area contributed by atoms with Crippen LogP contribution in [0.4, 0.5) is 8.78 Å². The molecule has 0 saturated carbocycles. The first-order valence-corrected chi connectivity index (χ1v) is 6.01. The van der Waals surface area contributed by atoms with Crippen LogP contribution in [0.3, 0.4) is 0 Å². The minimum Gasteiger partial charge on any atom is -0.507 e. The SMILES string of the molecule is Oc1cccc(F)c1-c1nc2ccc(F)cc2s1. The van der Waals surface area contributed by atoms with Crippen LogP contribution in [0.25, 0.3) is 20.8 Å². The van der Waals surface area contributed by atoms with E-state index in [2.05, 4.69) is 4.98 Å². The van der Waals surface area contributed by atoms with Crippen LogP contribution in [0.15, 0.2) is 36.4 Å². The molecule has 0 unspecified atom stereocenters. The van der Waals surface area contributed by atoms with Gasteiger partial charge in [0, 0.05) is 0 Å². The van der Waals surface area contributed by atoms with Crippen molar-refractivity contribution in [1.82, 2.24) is 4.98 Å². The Balaban J connectivity index is 2.26. The first kappa shape index (κ1) is 11.1. The van der Waals surface area contributed by atoms with Gasteiger partial charge in [0.1, 0.15) is 22.4 Å². The van der Waals surface area contributed by atoms with Crippen LogP contribution < -0.4 is 0 Å².